The van der Waals surface area contributed by atoms with Gasteiger partial charge < -0.3 is 24.3 Å². The maximum Gasteiger partial charge on any atom is 0.259 e. The molecule has 0 saturated carbocycles. The fourth-order valence-electron chi connectivity index (χ4n) is 3.06. The molecule has 0 unspecified atom stereocenters. The van der Waals surface area contributed by atoms with E-state index >= 15 is 0 Å². The number of carbonyl (C=O) groups excluding carboxylic acids is 1. The van der Waals surface area contributed by atoms with Crippen molar-refractivity contribution in [3.05, 3.63) is 76.8 Å². The van der Waals surface area contributed by atoms with E-state index in [2.05, 4.69) is 15.8 Å². The van der Waals surface area contributed by atoms with E-state index in [0.717, 1.165) is 16.8 Å². The molecule has 0 bridgehead atoms. The van der Waals surface area contributed by atoms with E-state index < -0.39 is 0 Å². The van der Waals surface area contributed by atoms with Crippen LogP contribution in [0.2, 0.25) is 5.02 Å². The van der Waals surface area contributed by atoms with Crippen LogP contribution in [-0.4, -0.2) is 32.6 Å². The predicted octanol–water partition coefficient (Wildman–Crippen LogP) is 4.22. The van der Waals surface area contributed by atoms with Crippen LogP contribution in [0.5, 0.6) is 23.0 Å². The summed E-state index contributed by atoms with van der Waals surface area (Å²) in [6, 6.07) is 18.2. The highest BCUT2D eigenvalue weighted by Gasteiger charge is 2.13. The Labute approximate surface area is 196 Å². The van der Waals surface area contributed by atoms with Crippen LogP contribution in [0.15, 0.2) is 65.8 Å². The summed E-state index contributed by atoms with van der Waals surface area (Å²) < 4.78 is 21.8. The number of carbonyl (C=O) groups is 1. The quantitative estimate of drug-likeness (QED) is 0.362. The molecule has 170 valence electrons. The average molecular weight is 468 g/mol. The van der Waals surface area contributed by atoms with Gasteiger partial charge in [0.2, 0.25) is 6.79 Å². The number of hydrogen-bond donors (Lipinski definition) is 2. The molecule has 4 rings (SSSR count). The van der Waals surface area contributed by atoms with Crippen molar-refractivity contribution in [2.45, 2.75) is 6.61 Å². The van der Waals surface area contributed by atoms with Crippen LogP contribution < -0.4 is 29.7 Å². The van der Waals surface area contributed by atoms with Gasteiger partial charge in [-0.1, -0.05) is 29.8 Å². The van der Waals surface area contributed by atoms with E-state index in [9.17, 15) is 4.79 Å². The molecule has 0 aromatic heterocycles. The fourth-order valence-corrected chi connectivity index (χ4v) is 3.25. The number of halogens is 1. The molecule has 1 aliphatic rings. The van der Waals surface area contributed by atoms with Gasteiger partial charge in [0.25, 0.3) is 5.91 Å². The molecule has 0 aliphatic carbocycles. The third-order valence-corrected chi connectivity index (χ3v) is 5.13. The molecule has 1 amide bonds. The summed E-state index contributed by atoms with van der Waals surface area (Å²) in [6.07, 6.45) is 1.53. The van der Waals surface area contributed by atoms with Crippen molar-refractivity contribution in [1.29, 1.82) is 0 Å². The molecule has 1 aliphatic heterocycles. The van der Waals surface area contributed by atoms with Crippen molar-refractivity contribution >= 4 is 29.4 Å². The minimum atomic E-state index is -0.296. The maximum absolute atomic E-state index is 12.1. The van der Waals surface area contributed by atoms with Crippen LogP contribution in [-0.2, 0) is 11.4 Å². The first kappa shape index (κ1) is 22.3. The van der Waals surface area contributed by atoms with E-state index in [-0.39, 0.29) is 19.2 Å². The number of rotatable bonds is 9. The largest absolute Gasteiger partial charge is 0.493 e. The number of benzene rings is 3. The first-order valence-electron chi connectivity index (χ1n) is 10.1. The van der Waals surface area contributed by atoms with Gasteiger partial charge in [-0.3, -0.25) is 4.79 Å². The molecule has 0 atom stereocenters. The molecule has 1 heterocycles. The van der Waals surface area contributed by atoms with Gasteiger partial charge in [0, 0.05) is 22.3 Å². The summed E-state index contributed by atoms with van der Waals surface area (Å²) in [6.45, 7) is 0.568. The zero-order valence-corrected chi connectivity index (χ0v) is 18.6. The lowest BCUT2D eigenvalue weighted by molar-refractivity contribution is -0.119. The van der Waals surface area contributed by atoms with Gasteiger partial charge in [0.15, 0.2) is 23.0 Å². The zero-order valence-electron chi connectivity index (χ0n) is 17.8. The third-order valence-electron chi connectivity index (χ3n) is 4.76. The Morgan fingerprint density at radius 2 is 1.94 bits per heavy atom. The molecule has 8 nitrogen and oxygen atoms in total. The van der Waals surface area contributed by atoms with Crippen LogP contribution in [0, 0.1) is 0 Å². The molecular weight excluding hydrogens is 446 g/mol. The van der Waals surface area contributed by atoms with E-state index in [4.69, 9.17) is 30.5 Å². The number of nitrogens with one attached hydrogen (secondary N) is 2. The zero-order chi connectivity index (χ0) is 23.0. The Morgan fingerprint density at radius 1 is 1.09 bits per heavy atom. The summed E-state index contributed by atoms with van der Waals surface area (Å²) in [7, 11) is 1.56. The number of anilines is 1. The van der Waals surface area contributed by atoms with Gasteiger partial charge in [-0.05, 0) is 42.0 Å². The number of hydrogen-bond acceptors (Lipinski definition) is 7. The van der Waals surface area contributed by atoms with Crippen LogP contribution in [0.25, 0.3) is 0 Å². The van der Waals surface area contributed by atoms with Crippen molar-refractivity contribution < 1.29 is 23.7 Å². The monoisotopic (exact) mass is 467 g/mol. The van der Waals surface area contributed by atoms with Gasteiger partial charge in [0.05, 0.1) is 19.9 Å². The van der Waals surface area contributed by atoms with E-state index in [1.165, 1.54) is 6.21 Å². The molecular formula is C24H22ClN3O5. The van der Waals surface area contributed by atoms with E-state index in [1.54, 1.807) is 31.4 Å². The molecule has 2 N–H and O–H groups in total. The van der Waals surface area contributed by atoms with Crippen LogP contribution in [0.1, 0.15) is 11.1 Å². The number of nitrogens with zero attached hydrogens (tertiary/aromatic N) is 1. The Hall–Kier alpha value is -3.91. The van der Waals surface area contributed by atoms with Crippen LogP contribution in [0.4, 0.5) is 5.69 Å². The lowest BCUT2D eigenvalue weighted by atomic mass is 10.2. The van der Waals surface area contributed by atoms with Crippen molar-refractivity contribution in [3.63, 3.8) is 0 Å². The Bertz CT molecular complexity index is 1170. The SMILES string of the molecule is COc1cc(/C=N\NC(=O)CNc2ccc3c(c2)OCO3)ccc1OCc1ccccc1Cl. The number of hydrazone groups is 1. The van der Waals surface area contributed by atoms with Crippen LogP contribution >= 0.6 is 11.6 Å². The van der Waals surface area contributed by atoms with E-state index in [0.29, 0.717) is 34.6 Å². The number of ether oxygens (including phenoxy) is 4. The van der Waals surface area contributed by atoms with Gasteiger partial charge >= 0.3 is 0 Å². The second-order valence-electron chi connectivity index (χ2n) is 7.01. The normalized spacial score (nSPS) is 11.9. The second-order valence-corrected chi connectivity index (χ2v) is 7.41. The molecule has 3 aromatic carbocycles. The van der Waals surface area contributed by atoms with Gasteiger partial charge in [-0.15, -0.1) is 0 Å². The highest BCUT2D eigenvalue weighted by Crippen LogP contribution is 2.34. The molecule has 3 aromatic rings. The molecule has 9 heteroatoms. The van der Waals surface area contributed by atoms with Gasteiger partial charge in [0.1, 0.15) is 6.61 Å². The van der Waals surface area contributed by atoms with Crippen molar-refractivity contribution in [2.24, 2.45) is 5.10 Å². The number of methoxy groups -OCH3 is 1. The summed E-state index contributed by atoms with van der Waals surface area (Å²) in [5.41, 5.74) is 4.85. The standard InChI is InChI=1S/C24H22ClN3O5/c1-30-22-10-16(6-8-20(22)31-14-17-4-2-3-5-19(17)25)12-27-28-24(29)13-26-18-7-9-21-23(11-18)33-15-32-21/h2-12,26H,13-15H2,1H3,(H,28,29)/b27-12-. The molecule has 0 radical (unpaired) electrons. The minimum Gasteiger partial charge on any atom is -0.493 e. The summed E-state index contributed by atoms with van der Waals surface area (Å²) >= 11 is 6.17. The van der Waals surface area contributed by atoms with Crippen molar-refractivity contribution in [3.8, 4) is 23.0 Å². The first-order chi connectivity index (χ1) is 16.1. The van der Waals surface area contributed by atoms with E-state index in [1.807, 2.05) is 36.4 Å². The third kappa shape index (κ3) is 5.87. The Balaban J connectivity index is 1.28. The van der Waals surface area contributed by atoms with Crippen LogP contribution in [0.3, 0.4) is 0 Å². The lowest BCUT2D eigenvalue weighted by Crippen LogP contribution is -2.25. The molecule has 33 heavy (non-hydrogen) atoms. The number of amides is 1. The fraction of sp³-hybridized carbons (Fsp3) is 0.167. The summed E-state index contributed by atoms with van der Waals surface area (Å²) in [4.78, 5) is 12.1. The highest BCUT2D eigenvalue weighted by atomic mass is 35.5. The predicted molar refractivity (Wildman–Crippen MR) is 126 cm³/mol. The summed E-state index contributed by atoms with van der Waals surface area (Å²) in [5.74, 6) is 2.15. The molecule has 0 spiro atoms. The Morgan fingerprint density at radius 3 is 2.79 bits per heavy atom. The molecule has 0 saturated heterocycles. The first-order valence-corrected chi connectivity index (χ1v) is 10.5. The minimum absolute atomic E-state index is 0.0507. The second kappa shape index (κ2) is 10.6. The lowest BCUT2D eigenvalue weighted by Gasteiger charge is -2.12. The smallest absolute Gasteiger partial charge is 0.259 e. The number of fused-ring (bicyclic) bond motifs is 1. The molecule has 0 fully saturated rings. The van der Waals surface area contributed by atoms with Gasteiger partial charge in [-0.2, -0.15) is 5.10 Å². The average Bonchev–Trinajstić information content (AvgIpc) is 3.30. The topological polar surface area (TPSA) is 90.4 Å². The van der Waals surface area contributed by atoms with Crippen molar-refractivity contribution in [1.82, 2.24) is 5.43 Å². The summed E-state index contributed by atoms with van der Waals surface area (Å²) in [5, 5.41) is 7.65. The Kier molecular flexibility index (Phi) is 7.16. The highest BCUT2D eigenvalue weighted by molar-refractivity contribution is 6.31. The maximum atomic E-state index is 12.1. The van der Waals surface area contributed by atoms with Gasteiger partial charge in [-0.25, -0.2) is 5.43 Å². The van der Waals surface area contributed by atoms with Crippen molar-refractivity contribution in [2.75, 3.05) is 25.8 Å².